The minimum absolute atomic E-state index is 0.00867. The van der Waals surface area contributed by atoms with Gasteiger partial charge in [0.25, 0.3) is 5.91 Å². The lowest BCUT2D eigenvalue weighted by Gasteiger charge is -2.14. The summed E-state index contributed by atoms with van der Waals surface area (Å²) in [7, 11) is 0. The van der Waals surface area contributed by atoms with Crippen molar-refractivity contribution in [3.05, 3.63) is 54.3 Å². The van der Waals surface area contributed by atoms with Crippen molar-refractivity contribution in [3.8, 4) is 22.8 Å². The third-order valence-electron chi connectivity index (χ3n) is 3.95. The number of nitrogens with zero attached hydrogens (tertiary/aromatic N) is 2. The summed E-state index contributed by atoms with van der Waals surface area (Å²) in [6, 6.07) is 13.1. The molecule has 0 aliphatic rings. The fourth-order valence-electron chi connectivity index (χ4n) is 2.43. The number of hydrogen-bond acceptors (Lipinski definition) is 6. The third kappa shape index (κ3) is 5.31. The summed E-state index contributed by atoms with van der Waals surface area (Å²) in [4.78, 5) is 12.4. The van der Waals surface area contributed by atoms with Gasteiger partial charge in [0.2, 0.25) is 5.82 Å². The van der Waals surface area contributed by atoms with Crippen molar-refractivity contribution in [2.75, 3.05) is 11.9 Å². The Kier molecular flexibility index (Phi) is 6.43. The number of benzene rings is 2. The molecule has 1 aromatic heterocycles. The predicted octanol–water partition coefficient (Wildman–Crippen LogP) is 4.32. The largest absolute Gasteiger partial charge is 0.493 e. The van der Waals surface area contributed by atoms with Gasteiger partial charge in [-0.3, -0.25) is 4.79 Å². The molecule has 0 aliphatic heterocycles. The van der Waals surface area contributed by atoms with Gasteiger partial charge in [-0.25, -0.2) is 9.02 Å². The second kappa shape index (κ2) is 9.18. The van der Waals surface area contributed by atoms with Crippen LogP contribution in [0.25, 0.3) is 11.3 Å². The summed E-state index contributed by atoms with van der Waals surface area (Å²) in [5.41, 5.74) is 1.06. The van der Waals surface area contributed by atoms with E-state index in [4.69, 9.17) is 14.1 Å². The van der Waals surface area contributed by atoms with Gasteiger partial charge in [0.15, 0.2) is 23.4 Å². The highest BCUT2D eigenvalue weighted by molar-refractivity contribution is 5.95. The summed E-state index contributed by atoms with van der Waals surface area (Å²) in [6.07, 6.45) is -0.955. The number of carbonyl (C=O) groups is 1. The fraction of sp³-hybridized carbons (Fsp3) is 0.286. The van der Waals surface area contributed by atoms with Gasteiger partial charge in [-0.05, 0) is 59.6 Å². The molecule has 0 saturated carbocycles. The topological polar surface area (TPSA) is 86.5 Å². The van der Waals surface area contributed by atoms with E-state index in [9.17, 15) is 9.18 Å². The van der Waals surface area contributed by atoms with Crippen LogP contribution in [-0.4, -0.2) is 28.9 Å². The lowest BCUT2D eigenvalue weighted by atomic mass is 10.1. The van der Waals surface area contributed by atoms with Crippen LogP contribution in [0.5, 0.6) is 11.5 Å². The van der Waals surface area contributed by atoms with Crippen molar-refractivity contribution < 1.29 is 23.3 Å². The van der Waals surface area contributed by atoms with E-state index in [1.54, 1.807) is 24.3 Å². The lowest BCUT2D eigenvalue weighted by Crippen LogP contribution is -2.30. The first-order valence-corrected chi connectivity index (χ1v) is 9.22. The summed E-state index contributed by atoms with van der Waals surface area (Å²) in [6.45, 7) is 6.27. The van der Waals surface area contributed by atoms with Gasteiger partial charge in [0, 0.05) is 5.56 Å². The van der Waals surface area contributed by atoms with E-state index < -0.39 is 17.8 Å². The van der Waals surface area contributed by atoms with E-state index in [2.05, 4.69) is 29.5 Å². The minimum atomic E-state index is -0.955. The first-order chi connectivity index (χ1) is 13.9. The zero-order chi connectivity index (χ0) is 20.8. The number of amides is 1. The number of ether oxygens (including phenoxy) is 2. The van der Waals surface area contributed by atoms with Gasteiger partial charge >= 0.3 is 0 Å². The third-order valence-corrected chi connectivity index (χ3v) is 3.95. The molecule has 0 fully saturated rings. The van der Waals surface area contributed by atoms with Crippen molar-refractivity contribution in [1.82, 2.24) is 10.3 Å². The van der Waals surface area contributed by atoms with Crippen molar-refractivity contribution in [2.24, 2.45) is 5.92 Å². The Morgan fingerprint density at radius 3 is 2.52 bits per heavy atom. The second-order valence-electron chi connectivity index (χ2n) is 6.87. The molecule has 0 spiro atoms. The molecular weight excluding hydrogens is 377 g/mol. The summed E-state index contributed by atoms with van der Waals surface area (Å²) >= 11 is 0. The van der Waals surface area contributed by atoms with Crippen LogP contribution in [0.2, 0.25) is 0 Å². The van der Waals surface area contributed by atoms with E-state index in [1.807, 2.05) is 12.1 Å². The predicted molar refractivity (Wildman–Crippen MR) is 105 cm³/mol. The molecule has 1 unspecified atom stereocenters. The van der Waals surface area contributed by atoms with E-state index in [0.717, 1.165) is 5.75 Å². The first-order valence-electron chi connectivity index (χ1n) is 9.22. The molecule has 29 heavy (non-hydrogen) atoms. The van der Waals surface area contributed by atoms with E-state index in [-0.39, 0.29) is 11.6 Å². The van der Waals surface area contributed by atoms with Crippen LogP contribution in [0, 0.1) is 11.7 Å². The number of aromatic nitrogens is 2. The Balaban J connectivity index is 1.66. The molecule has 152 valence electrons. The van der Waals surface area contributed by atoms with Gasteiger partial charge < -0.3 is 14.8 Å². The van der Waals surface area contributed by atoms with Crippen LogP contribution >= 0.6 is 0 Å². The molecule has 2 aromatic carbocycles. The molecule has 3 aromatic rings. The fourth-order valence-corrected chi connectivity index (χ4v) is 2.43. The molecular formula is C21H22FN3O4. The van der Waals surface area contributed by atoms with Crippen molar-refractivity contribution in [3.63, 3.8) is 0 Å². The number of para-hydroxylation sites is 1. The molecule has 0 bridgehead atoms. The standard InChI is InChI=1S/C21H22FN3O4/c1-13(2)12-27-16-10-8-15(9-11-16)19-20(25-29-24-19)23-21(26)14(3)28-18-7-5-4-6-17(18)22/h4-11,13-14H,12H2,1-3H3,(H,23,25,26). The Morgan fingerprint density at radius 1 is 1.10 bits per heavy atom. The van der Waals surface area contributed by atoms with Crippen LogP contribution in [0.1, 0.15) is 20.8 Å². The van der Waals surface area contributed by atoms with E-state index in [1.165, 1.54) is 19.1 Å². The van der Waals surface area contributed by atoms with Crippen molar-refractivity contribution in [1.29, 1.82) is 0 Å². The van der Waals surface area contributed by atoms with Crippen LogP contribution in [0.15, 0.2) is 53.2 Å². The van der Waals surface area contributed by atoms with Crippen LogP contribution < -0.4 is 14.8 Å². The summed E-state index contributed by atoms with van der Waals surface area (Å²) in [5.74, 6) is 0.236. The van der Waals surface area contributed by atoms with Crippen LogP contribution in [-0.2, 0) is 4.79 Å². The van der Waals surface area contributed by atoms with Gasteiger partial charge in [-0.2, -0.15) is 0 Å². The maximum Gasteiger partial charge on any atom is 0.266 e. The maximum atomic E-state index is 13.7. The smallest absolute Gasteiger partial charge is 0.266 e. The van der Waals surface area contributed by atoms with Crippen LogP contribution in [0.3, 0.4) is 0 Å². The summed E-state index contributed by atoms with van der Waals surface area (Å²) < 4.78 is 29.5. The quantitative estimate of drug-likeness (QED) is 0.607. The Bertz CT molecular complexity index is 957. The average molecular weight is 399 g/mol. The number of carbonyl (C=O) groups excluding carboxylic acids is 1. The number of halogens is 1. The molecule has 0 saturated heterocycles. The Hall–Kier alpha value is -3.42. The highest BCUT2D eigenvalue weighted by atomic mass is 19.1. The normalized spacial score (nSPS) is 11.9. The number of nitrogens with one attached hydrogen (secondary N) is 1. The van der Waals surface area contributed by atoms with Crippen molar-refractivity contribution in [2.45, 2.75) is 26.9 Å². The van der Waals surface area contributed by atoms with Gasteiger partial charge in [-0.15, -0.1) is 0 Å². The van der Waals surface area contributed by atoms with E-state index in [0.29, 0.717) is 23.8 Å². The molecule has 8 heteroatoms. The highest BCUT2D eigenvalue weighted by Gasteiger charge is 2.21. The van der Waals surface area contributed by atoms with E-state index >= 15 is 0 Å². The molecule has 1 atom stereocenters. The minimum Gasteiger partial charge on any atom is -0.493 e. The highest BCUT2D eigenvalue weighted by Crippen LogP contribution is 2.27. The zero-order valence-electron chi connectivity index (χ0n) is 16.4. The first kappa shape index (κ1) is 20.3. The Labute approximate surface area is 167 Å². The molecule has 0 aliphatic carbocycles. The molecule has 0 radical (unpaired) electrons. The molecule has 1 N–H and O–H groups in total. The van der Waals surface area contributed by atoms with Crippen molar-refractivity contribution >= 4 is 11.7 Å². The maximum absolute atomic E-state index is 13.7. The van der Waals surface area contributed by atoms with Gasteiger partial charge in [0.05, 0.1) is 6.61 Å². The molecule has 1 heterocycles. The molecule has 3 rings (SSSR count). The average Bonchev–Trinajstić information content (AvgIpc) is 3.16. The summed E-state index contributed by atoms with van der Waals surface area (Å²) in [5, 5.41) is 10.2. The SMILES string of the molecule is CC(C)COc1ccc(-c2nonc2NC(=O)C(C)Oc2ccccc2F)cc1. The lowest BCUT2D eigenvalue weighted by molar-refractivity contribution is -0.122. The number of hydrogen-bond donors (Lipinski definition) is 1. The van der Waals surface area contributed by atoms with Gasteiger partial charge in [0.1, 0.15) is 5.75 Å². The number of rotatable bonds is 8. The monoisotopic (exact) mass is 399 g/mol. The molecule has 1 amide bonds. The number of anilines is 1. The van der Waals surface area contributed by atoms with Crippen LogP contribution in [0.4, 0.5) is 10.2 Å². The molecule has 7 nitrogen and oxygen atoms in total. The van der Waals surface area contributed by atoms with Gasteiger partial charge in [-0.1, -0.05) is 26.0 Å². The second-order valence-corrected chi connectivity index (χ2v) is 6.87. The Morgan fingerprint density at radius 2 is 1.83 bits per heavy atom. The zero-order valence-corrected chi connectivity index (χ0v) is 16.4.